The molecule has 0 saturated heterocycles. The van der Waals surface area contributed by atoms with Crippen LogP contribution in [0.3, 0.4) is 0 Å². The van der Waals surface area contributed by atoms with Crippen LogP contribution in [-0.2, 0) is 0 Å². The lowest BCUT2D eigenvalue weighted by Crippen LogP contribution is -2.23. The molecule has 3 atom stereocenters. The second-order valence-electron chi connectivity index (χ2n) is 3.35. The molecule has 0 rings (SSSR count). The van der Waals surface area contributed by atoms with E-state index in [1.807, 2.05) is 13.9 Å². The fourth-order valence-electron chi connectivity index (χ4n) is 1.38. The molecule has 0 spiro atoms. The highest BCUT2D eigenvalue weighted by Crippen LogP contribution is 2.21. The van der Waals surface area contributed by atoms with Gasteiger partial charge in [0.1, 0.15) is 15.1 Å². The van der Waals surface area contributed by atoms with Crippen molar-refractivity contribution >= 4 is 15.1 Å². The molecule has 0 radical (unpaired) electrons. The summed E-state index contributed by atoms with van der Waals surface area (Å²) in [7, 11) is 2.74. The Hall–Kier alpha value is -0.170. The summed E-state index contributed by atoms with van der Waals surface area (Å²) in [4.78, 5) is 0. The fourth-order valence-corrected chi connectivity index (χ4v) is 1.38. The third kappa shape index (κ3) is 4.31. The van der Waals surface area contributed by atoms with E-state index in [0.29, 0.717) is 11.7 Å². The highest BCUT2D eigenvalue weighted by molar-refractivity contribution is 6.51. The highest BCUT2D eigenvalue weighted by Gasteiger charge is 2.15. The summed E-state index contributed by atoms with van der Waals surface area (Å²) in [6.45, 7) is 8.07. The van der Waals surface area contributed by atoms with Gasteiger partial charge >= 0.3 is 0 Å². The van der Waals surface area contributed by atoms with Crippen molar-refractivity contribution in [2.75, 3.05) is 0 Å². The summed E-state index contributed by atoms with van der Waals surface area (Å²) in [5.41, 5.74) is 0. The molecule has 11 heavy (non-hydrogen) atoms. The third-order valence-corrected chi connectivity index (χ3v) is 2.28. The smallest absolute Gasteiger partial charge is 0.149 e. The van der Waals surface area contributed by atoms with Gasteiger partial charge in [-0.2, -0.15) is 0 Å². The van der Waals surface area contributed by atoms with Gasteiger partial charge in [0.15, 0.2) is 0 Å². The van der Waals surface area contributed by atoms with Crippen molar-refractivity contribution < 1.29 is 5.11 Å². The molecule has 0 aliphatic carbocycles. The van der Waals surface area contributed by atoms with Crippen LogP contribution in [0.2, 0.25) is 5.82 Å². The molecule has 0 fully saturated rings. The molecule has 0 bridgehead atoms. The molecule has 0 aliphatic rings. The van der Waals surface area contributed by atoms with Crippen LogP contribution >= 0.6 is 0 Å². The number of allylic oxidation sites excluding steroid dienone is 1. The Morgan fingerprint density at radius 1 is 1.73 bits per heavy atom. The summed E-state index contributed by atoms with van der Waals surface area (Å²) in [5.74, 6) is 0.935. The van der Waals surface area contributed by atoms with Crippen LogP contribution in [0.25, 0.3) is 0 Å². The standard InChI is InChI=1S/C8H18B2O/c1-4-6(3)7(5-2)10-8(9)11/h4,6-8,10-11H,1,5,9H2,2-3H3/t6-,7?,8?/m1/s1. The van der Waals surface area contributed by atoms with E-state index < -0.39 is 0 Å². The monoisotopic (exact) mass is 152 g/mol. The van der Waals surface area contributed by atoms with Crippen LogP contribution in [0.15, 0.2) is 12.7 Å². The zero-order chi connectivity index (χ0) is 8.85. The first-order chi connectivity index (χ1) is 5.11. The van der Waals surface area contributed by atoms with Crippen LogP contribution in [0.1, 0.15) is 20.3 Å². The first-order valence-corrected chi connectivity index (χ1v) is 4.42. The van der Waals surface area contributed by atoms with E-state index >= 15 is 0 Å². The lowest BCUT2D eigenvalue weighted by atomic mass is 9.50. The fraction of sp³-hybridized carbons (Fsp3) is 0.750. The second-order valence-corrected chi connectivity index (χ2v) is 3.35. The number of hydrogen-bond acceptors (Lipinski definition) is 1. The lowest BCUT2D eigenvalue weighted by Gasteiger charge is -2.19. The molecule has 0 amide bonds. The first kappa shape index (κ1) is 10.8. The van der Waals surface area contributed by atoms with Crippen molar-refractivity contribution in [3.63, 3.8) is 0 Å². The molecule has 2 unspecified atom stereocenters. The van der Waals surface area contributed by atoms with E-state index in [4.69, 9.17) is 5.11 Å². The Labute approximate surface area is 71.5 Å². The topological polar surface area (TPSA) is 20.2 Å². The van der Waals surface area contributed by atoms with Gasteiger partial charge in [-0.1, -0.05) is 32.2 Å². The maximum absolute atomic E-state index is 9.16. The van der Waals surface area contributed by atoms with Gasteiger partial charge in [0.05, 0.1) is 0 Å². The predicted molar refractivity (Wildman–Crippen MR) is 55.1 cm³/mol. The third-order valence-electron chi connectivity index (χ3n) is 2.28. The van der Waals surface area contributed by atoms with Crippen molar-refractivity contribution in [3.05, 3.63) is 12.7 Å². The quantitative estimate of drug-likeness (QED) is 0.445. The SMILES string of the molecule is BC(O)BC(CC)[C@H](C)C=C. The Kier molecular flexibility index (Phi) is 5.39. The zero-order valence-electron chi connectivity index (χ0n) is 7.88. The highest BCUT2D eigenvalue weighted by atomic mass is 16.3. The molecule has 0 aromatic carbocycles. The van der Waals surface area contributed by atoms with Gasteiger partial charge in [0.25, 0.3) is 0 Å². The van der Waals surface area contributed by atoms with Gasteiger partial charge in [-0.25, -0.2) is 0 Å². The van der Waals surface area contributed by atoms with Crippen LogP contribution in [0, 0.1) is 5.92 Å². The molecule has 0 saturated carbocycles. The van der Waals surface area contributed by atoms with E-state index in [1.54, 1.807) is 0 Å². The van der Waals surface area contributed by atoms with Crippen molar-refractivity contribution in [1.29, 1.82) is 0 Å². The number of rotatable bonds is 5. The Morgan fingerprint density at radius 2 is 2.27 bits per heavy atom. The van der Waals surface area contributed by atoms with Gasteiger partial charge in [0.2, 0.25) is 0 Å². The normalized spacial score (nSPS) is 18.5. The maximum atomic E-state index is 9.16. The minimum Gasteiger partial charge on any atom is -0.410 e. The summed E-state index contributed by atoms with van der Waals surface area (Å²) in [6.07, 6.45) is 3.09. The van der Waals surface area contributed by atoms with Crippen molar-refractivity contribution in [2.24, 2.45) is 5.92 Å². The van der Waals surface area contributed by atoms with Gasteiger partial charge in [-0.3, -0.25) is 0 Å². The predicted octanol–water partition coefficient (Wildman–Crippen LogP) is 0.352. The molecule has 0 aliphatic heterocycles. The molecule has 0 aromatic rings. The molecule has 62 valence electrons. The van der Waals surface area contributed by atoms with E-state index in [2.05, 4.69) is 20.4 Å². The van der Waals surface area contributed by atoms with Gasteiger partial charge < -0.3 is 5.11 Å². The van der Waals surface area contributed by atoms with Crippen LogP contribution in [0.4, 0.5) is 0 Å². The average Bonchev–Trinajstić information content (AvgIpc) is 1.98. The molecule has 1 nitrogen and oxygen atoms in total. The van der Waals surface area contributed by atoms with E-state index in [9.17, 15) is 0 Å². The summed E-state index contributed by atoms with van der Waals surface area (Å²) >= 11 is 0. The van der Waals surface area contributed by atoms with Gasteiger partial charge in [-0.15, -0.1) is 6.58 Å². The van der Waals surface area contributed by atoms with E-state index in [0.717, 1.165) is 13.7 Å². The Bertz CT molecular complexity index is 115. The van der Waals surface area contributed by atoms with Crippen molar-refractivity contribution in [1.82, 2.24) is 0 Å². The largest absolute Gasteiger partial charge is 0.410 e. The van der Waals surface area contributed by atoms with Crippen molar-refractivity contribution in [3.8, 4) is 0 Å². The van der Waals surface area contributed by atoms with Crippen molar-refractivity contribution in [2.45, 2.75) is 32.0 Å². The van der Waals surface area contributed by atoms with Crippen LogP contribution in [0.5, 0.6) is 0 Å². The second kappa shape index (κ2) is 5.48. The minimum atomic E-state index is -0.178. The number of aliphatic hydroxyl groups is 1. The lowest BCUT2D eigenvalue weighted by molar-refractivity contribution is 0.324. The molecule has 3 heteroatoms. The van der Waals surface area contributed by atoms with E-state index in [-0.39, 0.29) is 5.90 Å². The van der Waals surface area contributed by atoms with Gasteiger partial charge in [0, 0.05) is 0 Å². The number of aliphatic hydroxyl groups excluding tert-OH is 1. The maximum Gasteiger partial charge on any atom is 0.149 e. The summed E-state index contributed by atoms with van der Waals surface area (Å²) in [5, 5.41) is 9.16. The first-order valence-electron chi connectivity index (χ1n) is 4.42. The van der Waals surface area contributed by atoms with Crippen LogP contribution < -0.4 is 0 Å². The zero-order valence-corrected chi connectivity index (χ0v) is 7.88. The minimum absolute atomic E-state index is 0.178. The van der Waals surface area contributed by atoms with Gasteiger partial charge in [-0.05, 0) is 11.8 Å². The van der Waals surface area contributed by atoms with E-state index in [1.165, 1.54) is 0 Å². The molecule has 1 N–H and O–H groups in total. The average molecular weight is 152 g/mol. The molecule has 0 aromatic heterocycles. The molecular formula is C8H18B2O. The Balaban J connectivity index is 3.83. The number of hydrogen-bond donors (Lipinski definition) is 1. The summed E-state index contributed by atoms with van der Waals surface area (Å²) < 4.78 is 0. The summed E-state index contributed by atoms with van der Waals surface area (Å²) in [6, 6.07) is 0. The molecular weight excluding hydrogens is 134 g/mol. The van der Waals surface area contributed by atoms with Crippen LogP contribution in [-0.4, -0.2) is 26.1 Å². The molecule has 0 heterocycles. The Morgan fingerprint density at radius 3 is 2.55 bits per heavy atom.